The van der Waals surface area contributed by atoms with Crippen molar-refractivity contribution in [1.29, 1.82) is 0 Å². The average Bonchev–Trinajstić information content (AvgIpc) is 3.78. The number of carbonyl (C=O) groups is 8. The first-order chi connectivity index (χ1) is 27.9. The summed E-state index contributed by atoms with van der Waals surface area (Å²) < 4.78 is 26.2. The monoisotopic (exact) mass is 890 g/mol. The number of nitrogens with zero attached hydrogens (tertiary/aromatic N) is 3. The Hall–Kier alpha value is -4.56. The third-order valence-corrected chi connectivity index (χ3v) is 12.3. The summed E-state index contributed by atoms with van der Waals surface area (Å²) in [5.41, 5.74) is 3.26. The first-order valence-electron chi connectivity index (χ1n) is 17.9. The average molecular weight is 891 g/mol. The first-order valence-corrected chi connectivity index (χ1v) is 22.0. The van der Waals surface area contributed by atoms with Gasteiger partial charge in [0, 0.05) is 24.3 Å². The minimum Gasteiger partial charge on any atom is -0.480 e. The molecular formula is C32H47N10O14PS2. The highest BCUT2D eigenvalue weighted by molar-refractivity contribution is 8.76. The maximum Gasteiger partial charge on any atom is 0.403 e. The molecule has 27 heteroatoms. The van der Waals surface area contributed by atoms with Gasteiger partial charge in [-0.25, -0.2) is 19.6 Å². The van der Waals surface area contributed by atoms with Crippen LogP contribution in [0.5, 0.6) is 0 Å². The van der Waals surface area contributed by atoms with Crippen molar-refractivity contribution in [2.75, 3.05) is 31.2 Å². The third kappa shape index (κ3) is 15.2. The summed E-state index contributed by atoms with van der Waals surface area (Å²) in [6, 6.07) is -5.06. The molecule has 1 aliphatic rings. The van der Waals surface area contributed by atoms with Crippen molar-refractivity contribution in [2.24, 2.45) is 5.73 Å². The maximum absolute atomic E-state index is 13.0. The molecular weight excluding hydrogens is 844 g/mol. The number of aromatic amines is 1. The highest BCUT2D eigenvalue weighted by Gasteiger charge is 2.47. The van der Waals surface area contributed by atoms with Gasteiger partial charge in [-0.2, -0.15) is 0 Å². The number of nitrogens with one attached hydrogen (secondary N) is 6. The van der Waals surface area contributed by atoms with E-state index >= 15 is 0 Å². The number of hydrogen-bond donors (Lipinski definition) is 9. The number of carbonyl (C=O) groups excluding carboxylic acids is 7. The van der Waals surface area contributed by atoms with Gasteiger partial charge in [-0.3, -0.25) is 37.9 Å². The Labute approximate surface area is 344 Å². The van der Waals surface area contributed by atoms with Crippen LogP contribution in [0.4, 0.5) is 0 Å². The highest BCUT2D eigenvalue weighted by Crippen LogP contribution is 2.45. The summed E-state index contributed by atoms with van der Waals surface area (Å²) in [7, 11) is -2.65. The molecule has 0 radical (unpaired) electrons. The van der Waals surface area contributed by atoms with Crippen LogP contribution < -0.4 is 37.6 Å². The SMILES string of the molecule is C[C@]1(COP(=O)(O)NC(C=O)CCC(=O)NC(CSSCC(NC(=O)CCC(N)C(=O)O)C(=O)NCC=O)C(=O)NCC=O)CC[C@@](C)(n2cnc3c(=O)[nH]cnc32)O1. The number of aldehydes is 3. The van der Waals surface area contributed by atoms with Gasteiger partial charge in [0.15, 0.2) is 11.2 Å². The summed E-state index contributed by atoms with van der Waals surface area (Å²) in [4.78, 5) is 128. The van der Waals surface area contributed by atoms with Crippen LogP contribution in [0, 0.1) is 0 Å². The van der Waals surface area contributed by atoms with Crippen molar-refractivity contribution in [3.63, 3.8) is 0 Å². The molecule has 7 atom stereocenters. The second kappa shape index (κ2) is 22.7. The zero-order valence-corrected chi connectivity index (χ0v) is 34.5. The molecule has 0 spiro atoms. The van der Waals surface area contributed by atoms with Gasteiger partial charge in [0.2, 0.25) is 23.6 Å². The predicted molar refractivity (Wildman–Crippen MR) is 210 cm³/mol. The second-order valence-electron chi connectivity index (χ2n) is 13.6. The third-order valence-electron chi connectivity index (χ3n) is 8.73. The van der Waals surface area contributed by atoms with Gasteiger partial charge in [-0.15, -0.1) is 0 Å². The van der Waals surface area contributed by atoms with E-state index < -0.39 is 84.8 Å². The molecule has 10 N–H and O–H groups in total. The molecule has 2 aromatic heterocycles. The fraction of sp³-hybridized carbons (Fsp3) is 0.594. The van der Waals surface area contributed by atoms with Gasteiger partial charge in [0.05, 0.1) is 44.0 Å². The van der Waals surface area contributed by atoms with Crippen LogP contribution in [0.1, 0.15) is 52.4 Å². The van der Waals surface area contributed by atoms with Crippen LogP contribution in [-0.4, -0.2) is 139 Å². The summed E-state index contributed by atoms with van der Waals surface area (Å²) >= 11 is 0. The Morgan fingerprint density at radius 2 is 1.58 bits per heavy atom. The van der Waals surface area contributed by atoms with Gasteiger partial charge in [0.25, 0.3) is 5.56 Å². The van der Waals surface area contributed by atoms with Gasteiger partial charge in [-0.1, -0.05) is 21.6 Å². The summed E-state index contributed by atoms with van der Waals surface area (Å²) in [6.07, 6.45) is 3.36. The Kier molecular flexibility index (Phi) is 18.8. The molecule has 3 heterocycles. The number of rotatable bonds is 27. The fourth-order valence-electron chi connectivity index (χ4n) is 5.59. The standard InChI is InChI=1S/C32H47N10O14PS2/c1-31(7-8-32(2,56-31)42-18-38-25-26(42)36-17-37-29(25)50)16-55-57(53,54)41-19(13-45)3-5-23(46)39-21(27(48)34-9-11-43)14-58-59-15-22(28(49)35-10-12-44)40-24(47)6-4-20(33)30(51)52/h11-13,17-22H,3-10,14-16,33H2,1-2H3,(H,34,48)(H,35,49)(H,39,46)(H,40,47)(H,51,52)(H,36,37,50)(H2,41,53,54)/t19?,20?,21?,22?,31-,32+/m1/s1. The molecule has 4 amide bonds. The Morgan fingerprint density at radius 3 is 2.12 bits per heavy atom. The van der Waals surface area contributed by atoms with E-state index in [2.05, 4.69) is 41.3 Å². The topological polar surface area (TPSA) is 362 Å². The molecule has 326 valence electrons. The minimum atomic E-state index is -4.66. The lowest BCUT2D eigenvalue weighted by Crippen LogP contribution is -2.49. The van der Waals surface area contributed by atoms with E-state index in [9.17, 15) is 52.6 Å². The molecule has 2 aromatic rings. The van der Waals surface area contributed by atoms with Gasteiger partial charge >= 0.3 is 13.7 Å². The summed E-state index contributed by atoms with van der Waals surface area (Å²) in [5, 5.41) is 20.7. The minimum absolute atomic E-state index is 0.0924. The molecule has 0 aromatic carbocycles. The molecule has 59 heavy (non-hydrogen) atoms. The van der Waals surface area contributed by atoms with Crippen LogP contribution in [0.15, 0.2) is 17.4 Å². The lowest BCUT2D eigenvalue weighted by atomic mass is 10.0. The number of hydrogen-bond acceptors (Lipinski definition) is 17. The molecule has 24 nitrogen and oxygen atoms in total. The Bertz CT molecular complexity index is 1950. The number of carboxylic acids is 1. The molecule has 1 aliphatic heterocycles. The van der Waals surface area contributed by atoms with Gasteiger partial charge in [0.1, 0.15) is 42.7 Å². The molecule has 5 unspecified atom stereocenters. The van der Waals surface area contributed by atoms with Crippen molar-refractivity contribution < 1.29 is 62.2 Å². The largest absolute Gasteiger partial charge is 0.480 e. The highest BCUT2D eigenvalue weighted by atomic mass is 33.1. The van der Waals surface area contributed by atoms with E-state index in [-0.39, 0.29) is 61.6 Å². The van der Waals surface area contributed by atoms with Crippen molar-refractivity contribution in [3.05, 3.63) is 23.0 Å². The fourth-order valence-corrected chi connectivity index (χ4v) is 9.04. The number of aromatic nitrogens is 4. The lowest BCUT2D eigenvalue weighted by molar-refractivity contribution is -0.142. The molecule has 0 bridgehead atoms. The molecule has 1 saturated heterocycles. The molecule has 1 fully saturated rings. The van der Waals surface area contributed by atoms with Crippen LogP contribution in [0.2, 0.25) is 0 Å². The van der Waals surface area contributed by atoms with Crippen molar-refractivity contribution in [2.45, 2.75) is 87.9 Å². The summed E-state index contributed by atoms with van der Waals surface area (Å²) in [6.45, 7) is 2.30. The zero-order valence-electron chi connectivity index (χ0n) is 32.0. The van der Waals surface area contributed by atoms with Crippen LogP contribution >= 0.6 is 29.3 Å². The number of fused-ring (bicyclic) bond motifs is 1. The number of ether oxygens (including phenoxy) is 1. The van der Waals surface area contributed by atoms with E-state index in [1.165, 1.54) is 12.7 Å². The van der Waals surface area contributed by atoms with Gasteiger partial charge < -0.3 is 61.1 Å². The van der Waals surface area contributed by atoms with E-state index in [1.54, 1.807) is 18.4 Å². The number of H-pyrrole nitrogens is 1. The number of aliphatic carboxylic acids is 1. The van der Waals surface area contributed by atoms with E-state index in [0.717, 1.165) is 21.6 Å². The second-order valence-corrected chi connectivity index (χ2v) is 17.7. The zero-order chi connectivity index (χ0) is 43.8. The molecule has 0 saturated carbocycles. The number of imidazole rings is 1. The number of carboxylic acid groups (broad SMARTS) is 1. The van der Waals surface area contributed by atoms with E-state index in [4.69, 9.17) is 20.1 Å². The maximum atomic E-state index is 13.0. The summed E-state index contributed by atoms with van der Waals surface area (Å²) in [5.74, 6) is -4.40. The predicted octanol–water partition coefficient (Wildman–Crippen LogP) is -2.41. The Morgan fingerprint density at radius 1 is 1.00 bits per heavy atom. The normalized spacial score (nSPS) is 20.6. The van der Waals surface area contributed by atoms with Crippen LogP contribution in [0.3, 0.4) is 0 Å². The van der Waals surface area contributed by atoms with Crippen molar-refractivity contribution >= 4 is 89.0 Å². The number of nitrogens with two attached hydrogens (primary N) is 1. The van der Waals surface area contributed by atoms with E-state index in [1.807, 2.05) is 0 Å². The van der Waals surface area contributed by atoms with Crippen LogP contribution in [-0.2, 0) is 57.9 Å². The molecule has 3 rings (SSSR count). The van der Waals surface area contributed by atoms with E-state index in [0.29, 0.717) is 31.7 Å². The van der Waals surface area contributed by atoms with Gasteiger partial charge in [-0.05, 0) is 39.5 Å². The van der Waals surface area contributed by atoms with Crippen LogP contribution in [0.25, 0.3) is 11.2 Å². The Balaban J connectivity index is 1.52. The quantitative estimate of drug-likeness (QED) is 0.0195. The van der Waals surface area contributed by atoms with Crippen molar-refractivity contribution in [3.8, 4) is 0 Å². The smallest absolute Gasteiger partial charge is 0.403 e. The first kappa shape index (κ1) is 48.8. The lowest BCUT2D eigenvalue weighted by Gasteiger charge is -2.32. The number of amides is 4. The van der Waals surface area contributed by atoms with Crippen molar-refractivity contribution in [1.82, 2.24) is 45.9 Å². The molecule has 0 aliphatic carbocycles.